The summed E-state index contributed by atoms with van der Waals surface area (Å²) in [6.07, 6.45) is 0. The van der Waals surface area contributed by atoms with Crippen molar-refractivity contribution in [1.29, 1.82) is 0 Å². The average molecular weight is 257 g/mol. The zero-order chi connectivity index (χ0) is 13.8. The zero-order valence-electron chi connectivity index (χ0n) is 12.1. The number of amides is 1. The lowest BCUT2D eigenvalue weighted by atomic mass is 10.1. The number of carbonyl (C=O) groups is 1. The van der Waals surface area contributed by atoms with E-state index >= 15 is 0 Å². The molecule has 1 heterocycles. The molecular weight excluding hydrogens is 230 g/mol. The molecule has 1 rings (SSSR count). The Morgan fingerprint density at radius 3 is 2.28 bits per heavy atom. The number of rotatable bonds is 4. The molecule has 1 fully saturated rings. The van der Waals surface area contributed by atoms with Gasteiger partial charge in [0.15, 0.2) is 0 Å². The fourth-order valence-electron chi connectivity index (χ4n) is 2.16. The van der Waals surface area contributed by atoms with Crippen LogP contribution in [0.2, 0.25) is 0 Å². The van der Waals surface area contributed by atoms with Crippen molar-refractivity contribution in [1.82, 2.24) is 15.1 Å². The highest BCUT2D eigenvalue weighted by atomic mass is 16.3. The Morgan fingerprint density at radius 1 is 1.28 bits per heavy atom. The lowest BCUT2D eigenvalue weighted by Gasteiger charge is -2.38. The third-order valence-electron chi connectivity index (χ3n) is 3.25. The maximum absolute atomic E-state index is 12.1. The molecule has 0 aromatic carbocycles. The summed E-state index contributed by atoms with van der Waals surface area (Å²) in [6.45, 7) is 12.5. The number of β-amino-alcohol motifs (C(OH)–C–C–N with tert-alkyl or cyclic N) is 1. The van der Waals surface area contributed by atoms with Crippen molar-refractivity contribution in [2.24, 2.45) is 0 Å². The van der Waals surface area contributed by atoms with Crippen LogP contribution < -0.4 is 5.32 Å². The van der Waals surface area contributed by atoms with E-state index < -0.39 is 0 Å². The molecule has 1 atom stereocenters. The van der Waals surface area contributed by atoms with Gasteiger partial charge in [-0.15, -0.1) is 0 Å². The second-order valence-corrected chi connectivity index (χ2v) is 6.02. The van der Waals surface area contributed by atoms with Crippen molar-refractivity contribution in [3.8, 4) is 0 Å². The Morgan fingerprint density at radius 2 is 1.83 bits per heavy atom. The summed E-state index contributed by atoms with van der Waals surface area (Å²) in [7, 11) is 0. The Hall–Kier alpha value is -0.650. The summed E-state index contributed by atoms with van der Waals surface area (Å²) in [5.74, 6) is 0.0955. The molecule has 0 spiro atoms. The zero-order valence-corrected chi connectivity index (χ0v) is 12.1. The molecule has 1 aliphatic rings. The smallest absolute Gasteiger partial charge is 0.237 e. The molecule has 5 heteroatoms. The van der Waals surface area contributed by atoms with Crippen molar-refractivity contribution in [2.75, 3.05) is 39.3 Å². The van der Waals surface area contributed by atoms with Gasteiger partial charge in [0.2, 0.25) is 5.91 Å². The van der Waals surface area contributed by atoms with Crippen LogP contribution in [-0.2, 0) is 4.79 Å². The predicted molar refractivity (Wildman–Crippen MR) is 72.5 cm³/mol. The molecule has 1 saturated heterocycles. The maximum atomic E-state index is 12.1. The third-order valence-corrected chi connectivity index (χ3v) is 3.25. The topological polar surface area (TPSA) is 55.8 Å². The average Bonchev–Trinajstić information content (AvgIpc) is 2.27. The molecule has 0 aliphatic carbocycles. The highest BCUT2D eigenvalue weighted by Crippen LogP contribution is 2.08. The van der Waals surface area contributed by atoms with Gasteiger partial charge in [-0.05, 0) is 27.7 Å². The van der Waals surface area contributed by atoms with Crippen molar-refractivity contribution in [3.05, 3.63) is 0 Å². The highest BCUT2D eigenvalue weighted by Gasteiger charge is 2.27. The quantitative estimate of drug-likeness (QED) is 0.738. The molecule has 106 valence electrons. The van der Waals surface area contributed by atoms with Gasteiger partial charge < -0.3 is 10.4 Å². The first-order valence-corrected chi connectivity index (χ1v) is 6.73. The predicted octanol–water partition coefficient (Wildman–Crippen LogP) is -0.100. The van der Waals surface area contributed by atoms with Gasteiger partial charge in [0, 0.05) is 38.3 Å². The van der Waals surface area contributed by atoms with Crippen molar-refractivity contribution < 1.29 is 9.90 Å². The van der Waals surface area contributed by atoms with Crippen LogP contribution in [0.25, 0.3) is 0 Å². The van der Waals surface area contributed by atoms with Crippen molar-refractivity contribution in [2.45, 2.75) is 39.3 Å². The third kappa shape index (κ3) is 4.92. The first-order valence-electron chi connectivity index (χ1n) is 6.73. The minimum Gasteiger partial charge on any atom is -0.395 e. The number of aliphatic hydroxyl groups excluding tert-OH is 1. The van der Waals surface area contributed by atoms with Gasteiger partial charge in [0.25, 0.3) is 0 Å². The summed E-state index contributed by atoms with van der Waals surface area (Å²) in [5, 5.41) is 11.9. The SMILES string of the molecule is CC(C(=O)NC(C)(C)C)N1CCN(CCO)CC1. The van der Waals surface area contributed by atoms with Crippen LogP contribution in [0.5, 0.6) is 0 Å². The number of piperazine rings is 1. The standard InChI is InChI=1S/C13H27N3O2/c1-11(12(18)14-13(2,3)4)16-7-5-15(6-8-16)9-10-17/h11,17H,5-10H2,1-4H3,(H,14,18). The highest BCUT2D eigenvalue weighted by molar-refractivity contribution is 5.81. The van der Waals surface area contributed by atoms with E-state index in [0.717, 1.165) is 32.7 Å². The van der Waals surface area contributed by atoms with E-state index in [0.29, 0.717) is 0 Å². The largest absolute Gasteiger partial charge is 0.395 e. The summed E-state index contributed by atoms with van der Waals surface area (Å²) < 4.78 is 0. The number of nitrogens with zero attached hydrogens (tertiary/aromatic N) is 2. The van der Waals surface area contributed by atoms with Crippen LogP contribution in [0.15, 0.2) is 0 Å². The number of aliphatic hydroxyl groups is 1. The molecule has 1 amide bonds. The Balaban J connectivity index is 2.40. The van der Waals surface area contributed by atoms with Gasteiger partial charge in [-0.2, -0.15) is 0 Å². The maximum Gasteiger partial charge on any atom is 0.237 e. The van der Waals surface area contributed by atoms with Crippen molar-refractivity contribution >= 4 is 5.91 Å². The summed E-state index contributed by atoms with van der Waals surface area (Å²) in [4.78, 5) is 16.5. The van der Waals surface area contributed by atoms with Crippen LogP contribution >= 0.6 is 0 Å². The van der Waals surface area contributed by atoms with Crippen LogP contribution in [0.3, 0.4) is 0 Å². The number of carbonyl (C=O) groups excluding carboxylic acids is 1. The fraction of sp³-hybridized carbons (Fsp3) is 0.923. The molecule has 5 nitrogen and oxygen atoms in total. The van der Waals surface area contributed by atoms with E-state index in [1.165, 1.54) is 0 Å². The van der Waals surface area contributed by atoms with Crippen LogP contribution in [0.1, 0.15) is 27.7 Å². The lowest BCUT2D eigenvalue weighted by Crippen LogP contribution is -2.56. The number of hydrogen-bond acceptors (Lipinski definition) is 4. The summed E-state index contributed by atoms with van der Waals surface area (Å²) in [6, 6.07) is -0.0829. The van der Waals surface area contributed by atoms with Gasteiger partial charge in [-0.3, -0.25) is 14.6 Å². The summed E-state index contributed by atoms with van der Waals surface area (Å²) in [5.41, 5.74) is -0.177. The Bertz CT molecular complexity index is 268. The number of nitrogens with one attached hydrogen (secondary N) is 1. The first-order chi connectivity index (χ1) is 8.33. The van der Waals surface area contributed by atoms with Crippen LogP contribution in [-0.4, -0.2) is 71.7 Å². The van der Waals surface area contributed by atoms with E-state index in [1.54, 1.807) is 0 Å². The Kier molecular flexibility index (Phi) is 5.56. The monoisotopic (exact) mass is 257 g/mol. The summed E-state index contributed by atoms with van der Waals surface area (Å²) >= 11 is 0. The van der Waals surface area contributed by atoms with Crippen molar-refractivity contribution in [3.63, 3.8) is 0 Å². The van der Waals surface area contributed by atoms with Crippen LogP contribution in [0, 0.1) is 0 Å². The fourth-order valence-corrected chi connectivity index (χ4v) is 2.16. The van der Waals surface area contributed by atoms with E-state index in [4.69, 9.17) is 5.11 Å². The second-order valence-electron chi connectivity index (χ2n) is 6.02. The molecular formula is C13H27N3O2. The number of hydrogen-bond donors (Lipinski definition) is 2. The molecule has 0 radical (unpaired) electrons. The lowest BCUT2D eigenvalue weighted by molar-refractivity contribution is -0.128. The van der Waals surface area contributed by atoms with E-state index in [2.05, 4.69) is 15.1 Å². The van der Waals surface area contributed by atoms with Gasteiger partial charge in [-0.1, -0.05) is 0 Å². The van der Waals surface area contributed by atoms with E-state index in [-0.39, 0.29) is 24.1 Å². The molecule has 2 N–H and O–H groups in total. The minimum absolute atomic E-state index is 0.0829. The first kappa shape index (κ1) is 15.4. The minimum atomic E-state index is -0.177. The van der Waals surface area contributed by atoms with Gasteiger partial charge in [-0.25, -0.2) is 0 Å². The molecule has 0 aromatic rings. The molecule has 0 bridgehead atoms. The molecule has 0 aromatic heterocycles. The van der Waals surface area contributed by atoms with E-state index in [9.17, 15) is 4.79 Å². The molecule has 1 unspecified atom stereocenters. The second kappa shape index (κ2) is 6.50. The normalized spacial score (nSPS) is 20.7. The van der Waals surface area contributed by atoms with Gasteiger partial charge in [0.1, 0.15) is 0 Å². The Labute approximate surface area is 110 Å². The molecule has 0 saturated carbocycles. The molecule has 18 heavy (non-hydrogen) atoms. The van der Waals surface area contributed by atoms with E-state index in [1.807, 2.05) is 27.7 Å². The van der Waals surface area contributed by atoms with Crippen LogP contribution in [0.4, 0.5) is 0 Å². The van der Waals surface area contributed by atoms with Gasteiger partial charge >= 0.3 is 0 Å². The molecule has 1 aliphatic heterocycles. The van der Waals surface area contributed by atoms with Gasteiger partial charge in [0.05, 0.1) is 12.6 Å².